The minimum atomic E-state index is -0.199. The number of aryl methyl sites for hydroxylation is 2. The molecule has 1 saturated heterocycles. The number of aliphatic hydroxyl groups is 1. The minimum absolute atomic E-state index is 0.199. The molecule has 0 aliphatic carbocycles. The first-order valence-corrected chi connectivity index (χ1v) is 5.98. The largest absolute Gasteiger partial charge is 0.393 e. The summed E-state index contributed by atoms with van der Waals surface area (Å²) in [5.74, 6) is 0.259. The first-order valence-electron chi connectivity index (χ1n) is 5.98. The van der Waals surface area contributed by atoms with Crippen LogP contribution < -0.4 is 0 Å². The molecule has 1 N–H and O–H groups in total. The maximum absolute atomic E-state index is 9.89. The first kappa shape index (κ1) is 11.6. The van der Waals surface area contributed by atoms with Gasteiger partial charge in [-0.05, 0) is 32.3 Å². The summed E-state index contributed by atoms with van der Waals surface area (Å²) in [6.45, 7) is 5.62. The highest BCUT2D eigenvalue weighted by molar-refractivity contribution is 5.28. The van der Waals surface area contributed by atoms with Gasteiger partial charge in [-0.15, -0.1) is 0 Å². The number of ether oxygens (including phenoxy) is 1. The van der Waals surface area contributed by atoms with Crippen LogP contribution in [0.2, 0.25) is 0 Å². The molecule has 1 fully saturated rings. The monoisotopic (exact) mass is 220 g/mol. The third-order valence-electron chi connectivity index (χ3n) is 3.21. The fourth-order valence-corrected chi connectivity index (χ4v) is 2.47. The Kier molecular flexibility index (Phi) is 3.62. The lowest BCUT2D eigenvalue weighted by Crippen LogP contribution is -2.33. The SMILES string of the molecule is Cc1cc(C)cc(CC2COCCC2O)c1. The average molecular weight is 220 g/mol. The molecule has 88 valence electrons. The van der Waals surface area contributed by atoms with Crippen molar-refractivity contribution in [2.45, 2.75) is 32.8 Å². The molecule has 1 heterocycles. The van der Waals surface area contributed by atoms with Gasteiger partial charge in [0.1, 0.15) is 0 Å². The highest BCUT2D eigenvalue weighted by Gasteiger charge is 2.23. The molecule has 16 heavy (non-hydrogen) atoms. The van der Waals surface area contributed by atoms with Crippen LogP contribution in [0.25, 0.3) is 0 Å². The zero-order chi connectivity index (χ0) is 11.5. The van der Waals surface area contributed by atoms with Crippen LogP contribution in [-0.4, -0.2) is 24.4 Å². The second-order valence-corrected chi connectivity index (χ2v) is 4.89. The van der Waals surface area contributed by atoms with Crippen LogP contribution in [0.1, 0.15) is 23.1 Å². The van der Waals surface area contributed by atoms with E-state index < -0.39 is 0 Å². The third-order valence-corrected chi connectivity index (χ3v) is 3.21. The molecule has 0 aromatic heterocycles. The Morgan fingerprint density at radius 3 is 2.56 bits per heavy atom. The van der Waals surface area contributed by atoms with E-state index in [1.165, 1.54) is 16.7 Å². The molecule has 0 bridgehead atoms. The number of aliphatic hydroxyl groups excluding tert-OH is 1. The van der Waals surface area contributed by atoms with Crippen molar-refractivity contribution in [3.8, 4) is 0 Å². The smallest absolute Gasteiger partial charge is 0.0615 e. The van der Waals surface area contributed by atoms with E-state index in [-0.39, 0.29) is 12.0 Å². The van der Waals surface area contributed by atoms with Gasteiger partial charge in [0.2, 0.25) is 0 Å². The standard InChI is InChI=1S/C14H20O2/c1-10-5-11(2)7-12(6-10)8-13-9-16-4-3-14(13)15/h5-7,13-15H,3-4,8-9H2,1-2H3. The number of rotatable bonds is 2. The van der Waals surface area contributed by atoms with E-state index in [1.54, 1.807) is 0 Å². The summed E-state index contributed by atoms with van der Waals surface area (Å²) in [4.78, 5) is 0. The van der Waals surface area contributed by atoms with E-state index in [2.05, 4.69) is 32.0 Å². The van der Waals surface area contributed by atoms with Crippen LogP contribution in [0, 0.1) is 19.8 Å². The highest BCUT2D eigenvalue weighted by atomic mass is 16.5. The van der Waals surface area contributed by atoms with Gasteiger partial charge in [-0.1, -0.05) is 29.3 Å². The minimum Gasteiger partial charge on any atom is -0.393 e. The molecule has 2 rings (SSSR count). The van der Waals surface area contributed by atoms with E-state index >= 15 is 0 Å². The van der Waals surface area contributed by atoms with E-state index in [9.17, 15) is 5.11 Å². The topological polar surface area (TPSA) is 29.5 Å². The van der Waals surface area contributed by atoms with Gasteiger partial charge in [-0.3, -0.25) is 0 Å². The van der Waals surface area contributed by atoms with Crippen LogP contribution in [0.15, 0.2) is 18.2 Å². The van der Waals surface area contributed by atoms with Gasteiger partial charge in [0, 0.05) is 12.5 Å². The number of benzene rings is 1. The maximum atomic E-state index is 9.89. The fraction of sp³-hybridized carbons (Fsp3) is 0.571. The third kappa shape index (κ3) is 2.83. The van der Waals surface area contributed by atoms with Crippen LogP contribution in [0.4, 0.5) is 0 Å². The predicted molar refractivity (Wildman–Crippen MR) is 64.6 cm³/mol. The Morgan fingerprint density at radius 1 is 1.25 bits per heavy atom. The molecule has 1 aromatic rings. The molecular weight excluding hydrogens is 200 g/mol. The molecule has 2 heteroatoms. The van der Waals surface area contributed by atoms with E-state index in [1.807, 2.05) is 0 Å². The fourth-order valence-electron chi connectivity index (χ4n) is 2.47. The lowest BCUT2D eigenvalue weighted by atomic mass is 9.90. The van der Waals surface area contributed by atoms with Crippen molar-refractivity contribution in [3.05, 3.63) is 34.9 Å². The molecule has 1 aliphatic heterocycles. The zero-order valence-corrected chi connectivity index (χ0v) is 10.1. The normalized spacial score (nSPS) is 25.7. The molecule has 1 aliphatic rings. The molecule has 0 saturated carbocycles. The van der Waals surface area contributed by atoms with Crippen molar-refractivity contribution < 1.29 is 9.84 Å². The van der Waals surface area contributed by atoms with Crippen LogP contribution >= 0.6 is 0 Å². The lowest BCUT2D eigenvalue weighted by molar-refractivity contribution is -0.0350. The number of hydrogen-bond acceptors (Lipinski definition) is 2. The predicted octanol–water partition coefficient (Wildman–Crippen LogP) is 2.24. The zero-order valence-electron chi connectivity index (χ0n) is 10.1. The van der Waals surface area contributed by atoms with Gasteiger partial charge < -0.3 is 9.84 Å². The second kappa shape index (κ2) is 4.98. The van der Waals surface area contributed by atoms with Crippen LogP contribution in [-0.2, 0) is 11.2 Å². The van der Waals surface area contributed by atoms with E-state index in [4.69, 9.17) is 4.74 Å². The molecule has 0 amide bonds. The summed E-state index contributed by atoms with van der Waals surface area (Å²) in [6.07, 6.45) is 1.49. The van der Waals surface area contributed by atoms with Crippen molar-refractivity contribution >= 4 is 0 Å². The maximum Gasteiger partial charge on any atom is 0.0615 e. The molecule has 2 nitrogen and oxygen atoms in total. The lowest BCUT2D eigenvalue weighted by Gasteiger charge is -2.27. The van der Waals surface area contributed by atoms with Crippen molar-refractivity contribution in [2.24, 2.45) is 5.92 Å². The summed E-state index contributed by atoms with van der Waals surface area (Å²) >= 11 is 0. The summed E-state index contributed by atoms with van der Waals surface area (Å²) in [6, 6.07) is 6.58. The van der Waals surface area contributed by atoms with Gasteiger partial charge in [0.05, 0.1) is 12.7 Å². The summed E-state index contributed by atoms with van der Waals surface area (Å²) in [7, 11) is 0. The van der Waals surface area contributed by atoms with Gasteiger partial charge in [0.15, 0.2) is 0 Å². The van der Waals surface area contributed by atoms with Crippen molar-refractivity contribution in [1.29, 1.82) is 0 Å². The van der Waals surface area contributed by atoms with Gasteiger partial charge >= 0.3 is 0 Å². The molecule has 2 atom stereocenters. The molecule has 1 aromatic carbocycles. The molecule has 0 radical (unpaired) electrons. The number of hydrogen-bond donors (Lipinski definition) is 1. The Balaban J connectivity index is 2.07. The van der Waals surface area contributed by atoms with Gasteiger partial charge in [0.25, 0.3) is 0 Å². The summed E-state index contributed by atoms with van der Waals surface area (Å²) < 4.78 is 5.43. The van der Waals surface area contributed by atoms with Gasteiger partial charge in [-0.2, -0.15) is 0 Å². The van der Waals surface area contributed by atoms with E-state index in [0.29, 0.717) is 13.2 Å². The van der Waals surface area contributed by atoms with Crippen LogP contribution in [0.5, 0.6) is 0 Å². The van der Waals surface area contributed by atoms with Crippen molar-refractivity contribution in [2.75, 3.05) is 13.2 Å². The Morgan fingerprint density at radius 2 is 1.94 bits per heavy atom. The van der Waals surface area contributed by atoms with Gasteiger partial charge in [-0.25, -0.2) is 0 Å². The average Bonchev–Trinajstić information content (AvgIpc) is 2.20. The summed E-state index contributed by atoms with van der Waals surface area (Å²) in [5, 5.41) is 9.89. The highest BCUT2D eigenvalue weighted by Crippen LogP contribution is 2.21. The first-order chi connectivity index (χ1) is 7.65. The quantitative estimate of drug-likeness (QED) is 0.828. The van der Waals surface area contributed by atoms with E-state index in [0.717, 1.165) is 12.8 Å². The summed E-state index contributed by atoms with van der Waals surface area (Å²) in [5.41, 5.74) is 3.90. The Labute approximate surface area is 97.3 Å². The second-order valence-electron chi connectivity index (χ2n) is 4.89. The van der Waals surface area contributed by atoms with Crippen LogP contribution in [0.3, 0.4) is 0 Å². The molecule has 0 spiro atoms. The van der Waals surface area contributed by atoms with Crippen molar-refractivity contribution in [3.63, 3.8) is 0 Å². The Bertz CT molecular complexity index is 340. The van der Waals surface area contributed by atoms with Crippen molar-refractivity contribution in [1.82, 2.24) is 0 Å². The molecular formula is C14H20O2. The molecule has 2 unspecified atom stereocenters. The Hall–Kier alpha value is -0.860.